The van der Waals surface area contributed by atoms with E-state index in [0.717, 1.165) is 0 Å². The summed E-state index contributed by atoms with van der Waals surface area (Å²) in [5.41, 5.74) is 0.595. The molecule has 1 aromatic carbocycles. The molecule has 1 saturated heterocycles. The Balaban J connectivity index is 2.00. The third kappa shape index (κ3) is 4.39. The molecule has 1 heterocycles. The van der Waals surface area contributed by atoms with Gasteiger partial charge in [0.1, 0.15) is 36.3 Å². The zero-order chi connectivity index (χ0) is 16.8. The van der Waals surface area contributed by atoms with E-state index >= 15 is 0 Å². The second-order valence-corrected chi connectivity index (χ2v) is 5.56. The number of halogens is 1. The van der Waals surface area contributed by atoms with Crippen LogP contribution in [0.25, 0.3) is 0 Å². The predicted molar refractivity (Wildman–Crippen MR) is 79.9 cm³/mol. The lowest BCUT2D eigenvalue weighted by Crippen LogP contribution is -2.55. The van der Waals surface area contributed by atoms with Crippen LogP contribution in [0.4, 0.5) is 4.39 Å². The van der Waals surface area contributed by atoms with Crippen LogP contribution < -0.4 is 4.74 Å². The Kier molecular flexibility index (Phi) is 6.73. The molecule has 1 aliphatic heterocycles. The minimum Gasteiger partial charge on any atom is -0.494 e. The van der Waals surface area contributed by atoms with Gasteiger partial charge in [-0.25, -0.2) is 0 Å². The molecule has 3 unspecified atom stereocenters. The minimum atomic E-state index is -1.40. The van der Waals surface area contributed by atoms with Crippen molar-refractivity contribution in [1.29, 1.82) is 0 Å². The Labute approximate surface area is 134 Å². The number of aliphatic hydroxyl groups is 4. The number of hydrogen-bond acceptors (Lipinski definition) is 6. The van der Waals surface area contributed by atoms with Crippen molar-refractivity contribution in [3.63, 3.8) is 0 Å². The highest BCUT2D eigenvalue weighted by Gasteiger charge is 2.43. The third-order valence-electron chi connectivity index (χ3n) is 3.90. The highest BCUT2D eigenvalue weighted by Crippen LogP contribution is 2.33. The van der Waals surface area contributed by atoms with Gasteiger partial charge in [-0.3, -0.25) is 4.39 Å². The van der Waals surface area contributed by atoms with Gasteiger partial charge in [-0.05, 0) is 30.5 Å². The third-order valence-corrected chi connectivity index (χ3v) is 3.90. The van der Waals surface area contributed by atoms with E-state index in [2.05, 4.69) is 0 Å². The Morgan fingerprint density at radius 1 is 1.00 bits per heavy atom. The van der Waals surface area contributed by atoms with Gasteiger partial charge in [0.2, 0.25) is 0 Å². The zero-order valence-electron chi connectivity index (χ0n) is 12.7. The smallest absolute Gasteiger partial charge is 0.119 e. The average Bonchev–Trinajstić information content (AvgIpc) is 2.58. The van der Waals surface area contributed by atoms with E-state index in [1.807, 2.05) is 0 Å². The maximum atomic E-state index is 12.0. The fraction of sp³-hybridized carbons (Fsp3) is 0.625. The first kappa shape index (κ1) is 18.1. The lowest BCUT2D eigenvalue weighted by molar-refractivity contribution is -0.231. The SMILES string of the molecule is OCC1O[C@H](c2ccc(OCCCCF)cc2)C(O)C(O)[C@@H]1O. The summed E-state index contributed by atoms with van der Waals surface area (Å²) in [6.07, 6.45) is -4.77. The number of alkyl halides is 1. The molecular weight excluding hydrogens is 307 g/mol. The second-order valence-electron chi connectivity index (χ2n) is 5.56. The van der Waals surface area contributed by atoms with Crippen LogP contribution in [-0.4, -0.2) is 64.7 Å². The monoisotopic (exact) mass is 330 g/mol. The van der Waals surface area contributed by atoms with Crippen molar-refractivity contribution in [2.45, 2.75) is 43.4 Å². The van der Waals surface area contributed by atoms with Gasteiger partial charge in [0.25, 0.3) is 0 Å². The van der Waals surface area contributed by atoms with Crippen LogP contribution in [-0.2, 0) is 4.74 Å². The quantitative estimate of drug-likeness (QED) is 0.538. The topological polar surface area (TPSA) is 99.4 Å². The first-order valence-electron chi connectivity index (χ1n) is 7.67. The summed E-state index contributed by atoms with van der Waals surface area (Å²) in [5, 5.41) is 38.8. The van der Waals surface area contributed by atoms with Crippen molar-refractivity contribution < 1.29 is 34.3 Å². The molecule has 6 nitrogen and oxygen atoms in total. The molecule has 0 aliphatic carbocycles. The molecule has 7 heteroatoms. The van der Waals surface area contributed by atoms with Gasteiger partial charge in [-0.2, -0.15) is 0 Å². The summed E-state index contributed by atoms with van der Waals surface area (Å²) < 4.78 is 22.9. The number of ether oxygens (including phenoxy) is 2. The van der Waals surface area contributed by atoms with Crippen LogP contribution in [0, 0.1) is 0 Å². The molecule has 130 valence electrons. The first-order chi connectivity index (χ1) is 11.1. The Bertz CT molecular complexity index is 466. The van der Waals surface area contributed by atoms with Crippen LogP contribution >= 0.6 is 0 Å². The highest BCUT2D eigenvalue weighted by atomic mass is 19.1. The average molecular weight is 330 g/mol. The second kappa shape index (κ2) is 8.56. The molecule has 0 radical (unpaired) electrons. The molecule has 0 aromatic heterocycles. The van der Waals surface area contributed by atoms with Crippen LogP contribution in [0.1, 0.15) is 24.5 Å². The minimum absolute atomic E-state index is 0.362. The molecule has 0 amide bonds. The van der Waals surface area contributed by atoms with Crippen molar-refractivity contribution in [1.82, 2.24) is 0 Å². The normalized spacial score (nSPS) is 31.1. The summed E-state index contributed by atoms with van der Waals surface area (Å²) in [5.74, 6) is 0.609. The van der Waals surface area contributed by atoms with Gasteiger partial charge in [0.05, 0.1) is 19.9 Å². The molecule has 23 heavy (non-hydrogen) atoms. The van der Waals surface area contributed by atoms with E-state index in [4.69, 9.17) is 9.47 Å². The number of hydrogen-bond donors (Lipinski definition) is 4. The number of rotatable bonds is 7. The van der Waals surface area contributed by atoms with Gasteiger partial charge in [0.15, 0.2) is 0 Å². The van der Waals surface area contributed by atoms with Crippen molar-refractivity contribution >= 4 is 0 Å². The number of aliphatic hydroxyl groups excluding tert-OH is 4. The van der Waals surface area contributed by atoms with Gasteiger partial charge in [-0.1, -0.05) is 12.1 Å². The van der Waals surface area contributed by atoms with E-state index in [0.29, 0.717) is 30.8 Å². The lowest BCUT2D eigenvalue weighted by Gasteiger charge is -2.40. The standard InChI is InChI=1S/C16H23FO6/c17-7-1-2-8-22-11-5-3-10(4-6-11)16-15(21)14(20)13(19)12(9-18)23-16/h3-6,12-16,18-21H,1-2,7-9H2/t12?,13-,14?,15?,16-/m1/s1. The lowest BCUT2D eigenvalue weighted by atomic mass is 9.91. The van der Waals surface area contributed by atoms with E-state index in [1.54, 1.807) is 24.3 Å². The van der Waals surface area contributed by atoms with E-state index in [9.17, 15) is 24.8 Å². The Morgan fingerprint density at radius 3 is 2.30 bits per heavy atom. The molecule has 1 aliphatic rings. The van der Waals surface area contributed by atoms with Crippen LogP contribution in [0.3, 0.4) is 0 Å². The summed E-state index contributed by atoms with van der Waals surface area (Å²) in [4.78, 5) is 0. The first-order valence-corrected chi connectivity index (χ1v) is 7.67. The highest BCUT2D eigenvalue weighted by molar-refractivity contribution is 5.29. The zero-order valence-corrected chi connectivity index (χ0v) is 12.7. The fourth-order valence-corrected chi connectivity index (χ4v) is 2.52. The molecule has 0 spiro atoms. The van der Waals surface area contributed by atoms with Crippen molar-refractivity contribution in [2.24, 2.45) is 0 Å². The van der Waals surface area contributed by atoms with Gasteiger partial charge in [-0.15, -0.1) is 0 Å². The maximum Gasteiger partial charge on any atom is 0.119 e. The van der Waals surface area contributed by atoms with E-state index < -0.39 is 37.1 Å². The van der Waals surface area contributed by atoms with Gasteiger partial charge in [0, 0.05) is 0 Å². The van der Waals surface area contributed by atoms with Crippen LogP contribution in [0.2, 0.25) is 0 Å². The van der Waals surface area contributed by atoms with E-state index in [-0.39, 0.29) is 6.67 Å². The molecule has 1 aromatic rings. The molecule has 0 bridgehead atoms. The summed E-state index contributed by atoms with van der Waals surface area (Å²) >= 11 is 0. The van der Waals surface area contributed by atoms with E-state index in [1.165, 1.54) is 0 Å². The molecular formula is C16H23FO6. The predicted octanol–water partition coefficient (Wildman–Crippen LogP) is 0.330. The molecule has 5 atom stereocenters. The molecule has 4 N–H and O–H groups in total. The molecule has 1 fully saturated rings. The molecule has 2 rings (SSSR count). The Hall–Kier alpha value is -1.25. The number of unbranched alkanes of at least 4 members (excludes halogenated alkanes) is 1. The summed E-state index contributed by atoms with van der Waals surface area (Å²) in [6, 6.07) is 6.73. The summed E-state index contributed by atoms with van der Waals surface area (Å²) in [6.45, 7) is -0.403. The Morgan fingerprint density at radius 2 is 1.70 bits per heavy atom. The summed E-state index contributed by atoms with van der Waals surface area (Å²) in [7, 11) is 0. The fourth-order valence-electron chi connectivity index (χ4n) is 2.52. The van der Waals surface area contributed by atoms with Crippen molar-refractivity contribution in [3.05, 3.63) is 29.8 Å². The van der Waals surface area contributed by atoms with Crippen molar-refractivity contribution in [3.8, 4) is 5.75 Å². The van der Waals surface area contributed by atoms with Gasteiger partial charge < -0.3 is 29.9 Å². The van der Waals surface area contributed by atoms with Crippen molar-refractivity contribution in [2.75, 3.05) is 19.9 Å². The van der Waals surface area contributed by atoms with Gasteiger partial charge >= 0.3 is 0 Å². The van der Waals surface area contributed by atoms with Crippen LogP contribution in [0.5, 0.6) is 5.75 Å². The maximum absolute atomic E-state index is 12.0. The molecule has 0 saturated carbocycles. The largest absolute Gasteiger partial charge is 0.494 e. The van der Waals surface area contributed by atoms with Crippen LogP contribution in [0.15, 0.2) is 24.3 Å². The number of benzene rings is 1.